The SMILES string of the molecule is CN1C=CCC1C(=O)NCC[C@H](Cc1ccccc1)N(C)C(=O)c1cn2ccccc2n1. The van der Waals surface area contributed by atoms with Crippen LogP contribution in [-0.2, 0) is 11.2 Å². The molecule has 2 aromatic heterocycles. The molecule has 32 heavy (non-hydrogen) atoms. The van der Waals surface area contributed by atoms with Gasteiger partial charge in [0.25, 0.3) is 5.91 Å². The van der Waals surface area contributed by atoms with Crippen LogP contribution in [0, 0.1) is 0 Å². The van der Waals surface area contributed by atoms with Gasteiger partial charge in [-0.2, -0.15) is 0 Å². The molecule has 0 fully saturated rings. The number of aromatic nitrogens is 2. The summed E-state index contributed by atoms with van der Waals surface area (Å²) < 4.78 is 1.85. The Morgan fingerprint density at radius 2 is 1.97 bits per heavy atom. The van der Waals surface area contributed by atoms with E-state index in [1.807, 2.05) is 78.3 Å². The van der Waals surface area contributed by atoms with Gasteiger partial charge in [0.2, 0.25) is 5.91 Å². The summed E-state index contributed by atoms with van der Waals surface area (Å²) in [6, 6.07) is 15.6. The van der Waals surface area contributed by atoms with E-state index in [0.29, 0.717) is 25.1 Å². The molecule has 2 atom stereocenters. The number of carbonyl (C=O) groups excluding carboxylic acids is 2. The van der Waals surface area contributed by atoms with E-state index < -0.39 is 0 Å². The first kappa shape index (κ1) is 21.6. The number of hydrogen-bond donors (Lipinski definition) is 1. The molecular formula is C25H29N5O2. The molecule has 1 aromatic carbocycles. The second-order valence-electron chi connectivity index (χ2n) is 8.23. The maximum absolute atomic E-state index is 13.2. The predicted octanol–water partition coefficient (Wildman–Crippen LogP) is 2.74. The lowest BCUT2D eigenvalue weighted by Gasteiger charge is -2.28. The molecule has 4 rings (SSSR count). The Morgan fingerprint density at radius 1 is 1.19 bits per heavy atom. The highest BCUT2D eigenvalue weighted by Gasteiger charge is 2.26. The molecule has 3 aromatic rings. The van der Waals surface area contributed by atoms with Gasteiger partial charge in [0.05, 0.1) is 0 Å². The van der Waals surface area contributed by atoms with Crippen molar-refractivity contribution in [3.8, 4) is 0 Å². The maximum atomic E-state index is 13.2. The zero-order chi connectivity index (χ0) is 22.5. The number of likely N-dealkylation sites (N-methyl/N-ethyl adjacent to an activating group) is 2. The van der Waals surface area contributed by atoms with Gasteiger partial charge >= 0.3 is 0 Å². The van der Waals surface area contributed by atoms with Crippen LogP contribution in [0.1, 0.15) is 28.9 Å². The molecule has 0 spiro atoms. The number of imidazole rings is 1. The van der Waals surface area contributed by atoms with Gasteiger partial charge < -0.3 is 19.5 Å². The van der Waals surface area contributed by atoms with Crippen LogP contribution >= 0.6 is 0 Å². The van der Waals surface area contributed by atoms with Gasteiger partial charge in [-0.05, 0) is 43.2 Å². The van der Waals surface area contributed by atoms with Crippen molar-refractivity contribution in [3.05, 3.63) is 84.5 Å². The van der Waals surface area contributed by atoms with E-state index in [-0.39, 0.29) is 23.9 Å². The molecule has 1 N–H and O–H groups in total. The van der Waals surface area contributed by atoms with Crippen molar-refractivity contribution in [1.82, 2.24) is 24.5 Å². The highest BCUT2D eigenvalue weighted by Crippen LogP contribution is 2.16. The lowest BCUT2D eigenvalue weighted by molar-refractivity contribution is -0.124. The largest absolute Gasteiger partial charge is 0.369 e. The molecule has 0 saturated carbocycles. The Labute approximate surface area is 188 Å². The summed E-state index contributed by atoms with van der Waals surface area (Å²) in [5, 5.41) is 3.05. The average Bonchev–Trinajstić information content (AvgIpc) is 3.44. The van der Waals surface area contributed by atoms with E-state index in [4.69, 9.17) is 0 Å². The molecule has 1 unspecified atom stereocenters. The normalized spacial score (nSPS) is 16.3. The van der Waals surface area contributed by atoms with Crippen molar-refractivity contribution in [2.75, 3.05) is 20.6 Å². The number of nitrogens with zero attached hydrogens (tertiary/aromatic N) is 4. The summed E-state index contributed by atoms with van der Waals surface area (Å²) in [4.78, 5) is 33.9. The molecule has 0 aliphatic carbocycles. The number of benzene rings is 1. The second-order valence-corrected chi connectivity index (χ2v) is 8.23. The van der Waals surface area contributed by atoms with Crippen molar-refractivity contribution < 1.29 is 9.59 Å². The Balaban J connectivity index is 1.45. The molecule has 0 saturated heterocycles. The van der Waals surface area contributed by atoms with Crippen LogP contribution in [0.3, 0.4) is 0 Å². The molecule has 2 amide bonds. The van der Waals surface area contributed by atoms with Gasteiger partial charge in [0, 0.05) is 39.1 Å². The second kappa shape index (κ2) is 9.68. The molecule has 1 aliphatic rings. The molecule has 1 aliphatic heterocycles. The Kier molecular flexibility index (Phi) is 6.54. The minimum Gasteiger partial charge on any atom is -0.369 e. The first-order chi connectivity index (χ1) is 15.5. The number of nitrogens with one attached hydrogen (secondary N) is 1. The van der Waals surface area contributed by atoms with Gasteiger partial charge in [-0.25, -0.2) is 4.98 Å². The molecule has 7 nitrogen and oxygen atoms in total. The Hall–Kier alpha value is -3.61. The van der Waals surface area contributed by atoms with Crippen molar-refractivity contribution >= 4 is 17.5 Å². The van der Waals surface area contributed by atoms with Crippen molar-refractivity contribution in [3.63, 3.8) is 0 Å². The standard InChI is InChI=1S/C25H29N5O2/c1-28-15-8-11-22(28)24(31)26-14-13-20(17-19-9-4-3-5-10-19)29(2)25(32)21-18-30-16-7-6-12-23(30)27-21/h3-10,12,15-16,18,20,22H,11,13-14,17H2,1-2H3,(H,26,31)/t20-,22?/m1/s1. The van der Waals surface area contributed by atoms with Gasteiger partial charge in [-0.1, -0.05) is 42.5 Å². The first-order valence-corrected chi connectivity index (χ1v) is 10.9. The Bertz CT molecular complexity index is 1070. The monoisotopic (exact) mass is 431 g/mol. The third kappa shape index (κ3) is 4.82. The summed E-state index contributed by atoms with van der Waals surface area (Å²) in [5.74, 6) is -0.106. The maximum Gasteiger partial charge on any atom is 0.274 e. The number of hydrogen-bond acceptors (Lipinski definition) is 4. The van der Waals surface area contributed by atoms with Crippen LogP contribution < -0.4 is 5.32 Å². The minimum atomic E-state index is -0.153. The lowest BCUT2D eigenvalue weighted by atomic mass is 10.0. The molecule has 0 bridgehead atoms. The van der Waals surface area contributed by atoms with Crippen LogP contribution in [0.15, 0.2) is 73.2 Å². The number of amides is 2. The minimum absolute atomic E-state index is 0.0188. The van der Waals surface area contributed by atoms with Crippen molar-refractivity contribution in [2.45, 2.75) is 31.3 Å². The summed E-state index contributed by atoms with van der Waals surface area (Å²) in [7, 11) is 3.73. The van der Waals surface area contributed by atoms with Crippen molar-refractivity contribution in [1.29, 1.82) is 0 Å². The molecule has 7 heteroatoms. The molecule has 3 heterocycles. The third-order valence-corrected chi connectivity index (χ3v) is 6.04. The third-order valence-electron chi connectivity index (χ3n) is 6.04. The fraction of sp³-hybridized carbons (Fsp3) is 0.320. The van der Waals surface area contributed by atoms with E-state index in [9.17, 15) is 9.59 Å². The smallest absolute Gasteiger partial charge is 0.274 e. The highest BCUT2D eigenvalue weighted by atomic mass is 16.2. The number of pyridine rings is 1. The summed E-state index contributed by atoms with van der Waals surface area (Å²) in [5.41, 5.74) is 2.31. The number of fused-ring (bicyclic) bond motifs is 1. The van der Waals surface area contributed by atoms with Crippen LogP contribution in [-0.4, -0.2) is 63.7 Å². The zero-order valence-electron chi connectivity index (χ0n) is 18.5. The van der Waals surface area contributed by atoms with Crippen molar-refractivity contribution in [2.24, 2.45) is 0 Å². The number of rotatable bonds is 8. The van der Waals surface area contributed by atoms with Crippen LogP contribution in [0.25, 0.3) is 5.65 Å². The molecule has 0 radical (unpaired) electrons. The zero-order valence-corrected chi connectivity index (χ0v) is 18.5. The number of carbonyl (C=O) groups is 2. The topological polar surface area (TPSA) is 70.0 Å². The summed E-state index contributed by atoms with van der Waals surface area (Å²) in [6.45, 7) is 0.503. The van der Waals surface area contributed by atoms with Gasteiger partial charge in [0.15, 0.2) is 0 Å². The van der Waals surface area contributed by atoms with Crippen LogP contribution in [0.5, 0.6) is 0 Å². The molecule has 166 valence electrons. The fourth-order valence-corrected chi connectivity index (χ4v) is 4.10. The van der Waals surface area contributed by atoms with Gasteiger partial charge in [-0.3, -0.25) is 9.59 Å². The quantitative estimate of drug-likeness (QED) is 0.596. The van der Waals surface area contributed by atoms with E-state index in [1.54, 1.807) is 11.1 Å². The molecular weight excluding hydrogens is 402 g/mol. The highest BCUT2D eigenvalue weighted by molar-refractivity contribution is 5.93. The predicted molar refractivity (Wildman–Crippen MR) is 124 cm³/mol. The first-order valence-electron chi connectivity index (χ1n) is 10.9. The Morgan fingerprint density at radius 3 is 2.69 bits per heavy atom. The van der Waals surface area contributed by atoms with E-state index in [1.165, 1.54) is 0 Å². The lowest BCUT2D eigenvalue weighted by Crippen LogP contribution is -2.44. The van der Waals surface area contributed by atoms with E-state index in [2.05, 4.69) is 22.4 Å². The summed E-state index contributed by atoms with van der Waals surface area (Å²) in [6.07, 6.45) is 9.66. The van der Waals surface area contributed by atoms with Gasteiger partial charge in [-0.15, -0.1) is 0 Å². The average molecular weight is 432 g/mol. The fourth-order valence-electron chi connectivity index (χ4n) is 4.10. The summed E-state index contributed by atoms with van der Waals surface area (Å²) >= 11 is 0. The van der Waals surface area contributed by atoms with Crippen LogP contribution in [0.4, 0.5) is 0 Å². The van der Waals surface area contributed by atoms with Gasteiger partial charge in [0.1, 0.15) is 17.4 Å². The van der Waals surface area contributed by atoms with Crippen LogP contribution in [0.2, 0.25) is 0 Å². The van der Waals surface area contributed by atoms with E-state index >= 15 is 0 Å². The van der Waals surface area contributed by atoms with E-state index in [0.717, 1.165) is 17.6 Å².